The van der Waals surface area contributed by atoms with Gasteiger partial charge in [-0.3, -0.25) is 0 Å². The third kappa shape index (κ3) is 1.12. The van der Waals surface area contributed by atoms with E-state index in [0.717, 1.165) is 5.92 Å². The van der Waals surface area contributed by atoms with E-state index in [0.29, 0.717) is 5.54 Å². The Hall–Kier alpha value is -0.300. The Balaban J connectivity index is 2.17. The van der Waals surface area contributed by atoms with E-state index in [2.05, 4.69) is 25.4 Å². The Morgan fingerprint density at radius 1 is 1.64 bits per heavy atom. The van der Waals surface area contributed by atoms with Crippen molar-refractivity contribution in [1.82, 2.24) is 5.32 Å². The average Bonchev–Trinajstić information content (AvgIpc) is 2.28. The van der Waals surface area contributed by atoms with Crippen LogP contribution in [0.4, 0.5) is 0 Å². The van der Waals surface area contributed by atoms with Crippen LogP contribution in [0, 0.1) is 5.92 Å². The fourth-order valence-corrected chi connectivity index (χ4v) is 2.71. The van der Waals surface area contributed by atoms with Gasteiger partial charge in [0.25, 0.3) is 0 Å². The SMILES string of the molecule is CNC12CC=C(CC(C)C1)C2. The predicted molar refractivity (Wildman–Crippen MR) is 47.5 cm³/mol. The summed E-state index contributed by atoms with van der Waals surface area (Å²) < 4.78 is 0. The molecule has 2 rings (SSSR count). The second-order valence-electron chi connectivity index (χ2n) is 4.29. The minimum Gasteiger partial charge on any atom is -0.314 e. The minimum absolute atomic E-state index is 0.465. The third-order valence-electron chi connectivity index (χ3n) is 3.23. The van der Waals surface area contributed by atoms with Crippen LogP contribution < -0.4 is 5.32 Å². The van der Waals surface area contributed by atoms with Crippen LogP contribution in [0.15, 0.2) is 11.6 Å². The maximum atomic E-state index is 3.49. The van der Waals surface area contributed by atoms with Crippen molar-refractivity contribution < 1.29 is 0 Å². The zero-order chi connectivity index (χ0) is 7.90. The van der Waals surface area contributed by atoms with Gasteiger partial charge in [0.2, 0.25) is 0 Å². The maximum Gasteiger partial charge on any atom is 0.0252 e. The second-order valence-corrected chi connectivity index (χ2v) is 4.29. The highest BCUT2D eigenvalue weighted by Gasteiger charge is 2.38. The van der Waals surface area contributed by atoms with Gasteiger partial charge in [-0.2, -0.15) is 0 Å². The Morgan fingerprint density at radius 2 is 2.45 bits per heavy atom. The van der Waals surface area contributed by atoms with Crippen LogP contribution in [0.25, 0.3) is 0 Å². The lowest BCUT2D eigenvalue weighted by Crippen LogP contribution is -2.43. The highest BCUT2D eigenvalue weighted by atomic mass is 14.9. The number of nitrogens with one attached hydrogen (secondary N) is 1. The normalized spacial score (nSPS) is 42.4. The molecule has 0 heterocycles. The third-order valence-corrected chi connectivity index (χ3v) is 3.23. The van der Waals surface area contributed by atoms with Gasteiger partial charge in [0.1, 0.15) is 0 Å². The fraction of sp³-hybridized carbons (Fsp3) is 0.800. The van der Waals surface area contributed by atoms with Gasteiger partial charge < -0.3 is 5.32 Å². The smallest absolute Gasteiger partial charge is 0.0252 e. The Bertz CT molecular complexity index is 195. The first-order chi connectivity index (χ1) is 5.24. The van der Waals surface area contributed by atoms with Gasteiger partial charge in [-0.05, 0) is 38.6 Å². The van der Waals surface area contributed by atoms with Crippen molar-refractivity contribution in [3.8, 4) is 0 Å². The van der Waals surface area contributed by atoms with Gasteiger partial charge in [-0.1, -0.05) is 18.6 Å². The Morgan fingerprint density at radius 3 is 3.18 bits per heavy atom. The van der Waals surface area contributed by atoms with Crippen molar-refractivity contribution in [3.63, 3.8) is 0 Å². The molecule has 11 heavy (non-hydrogen) atoms. The van der Waals surface area contributed by atoms with Crippen molar-refractivity contribution in [3.05, 3.63) is 11.6 Å². The quantitative estimate of drug-likeness (QED) is 0.566. The summed E-state index contributed by atoms with van der Waals surface area (Å²) in [5.41, 5.74) is 2.16. The van der Waals surface area contributed by atoms with Crippen LogP contribution in [-0.2, 0) is 0 Å². The molecule has 2 atom stereocenters. The van der Waals surface area contributed by atoms with E-state index in [1.165, 1.54) is 25.7 Å². The summed E-state index contributed by atoms with van der Waals surface area (Å²) in [7, 11) is 2.11. The van der Waals surface area contributed by atoms with E-state index >= 15 is 0 Å². The molecule has 0 aromatic heterocycles. The zero-order valence-electron chi connectivity index (χ0n) is 7.48. The summed E-state index contributed by atoms with van der Waals surface area (Å²) in [6.45, 7) is 2.37. The molecular formula is C10H17N. The number of fused-ring (bicyclic) bond motifs is 2. The molecule has 2 aliphatic carbocycles. The Kier molecular flexibility index (Phi) is 1.57. The van der Waals surface area contributed by atoms with E-state index in [9.17, 15) is 0 Å². The monoisotopic (exact) mass is 151 g/mol. The number of hydrogen-bond acceptors (Lipinski definition) is 1. The number of hydrogen-bond donors (Lipinski definition) is 1. The molecule has 0 radical (unpaired) electrons. The van der Waals surface area contributed by atoms with Crippen LogP contribution in [-0.4, -0.2) is 12.6 Å². The minimum atomic E-state index is 0.465. The molecule has 2 unspecified atom stereocenters. The molecule has 62 valence electrons. The molecule has 1 N–H and O–H groups in total. The van der Waals surface area contributed by atoms with E-state index in [1.807, 2.05) is 0 Å². The summed E-state index contributed by atoms with van der Waals surface area (Å²) in [5, 5.41) is 3.49. The second kappa shape index (κ2) is 2.34. The topological polar surface area (TPSA) is 12.0 Å². The summed E-state index contributed by atoms with van der Waals surface area (Å²) in [4.78, 5) is 0. The lowest BCUT2D eigenvalue weighted by atomic mass is 9.78. The van der Waals surface area contributed by atoms with Gasteiger partial charge in [-0.25, -0.2) is 0 Å². The molecule has 0 aliphatic heterocycles. The molecule has 0 aromatic carbocycles. The van der Waals surface area contributed by atoms with E-state index < -0.39 is 0 Å². The summed E-state index contributed by atoms with van der Waals surface area (Å²) in [5.74, 6) is 0.893. The maximum absolute atomic E-state index is 3.49. The van der Waals surface area contributed by atoms with Gasteiger partial charge in [0.05, 0.1) is 0 Å². The van der Waals surface area contributed by atoms with E-state index in [4.69, 9.17) is 0 Å². The van der Waals surface area contributed by atoms with Crippen LogP contribution in [0.3, 0.4) is 0 Å². The lowest BCUT2D eigenvalue weighted by molar-refractivity contribution is 0.260. The van der Waals surface area contributed by atoms with Crippen molar-refractivity contribution in [1.29, 1.82) is 0 Å². The van der Waals surface area contributed by atoms with Gasteiger partial charge in [-0.15, -0.1) is 0 Å². The molecule has 2 aliphatic rings. The standard InChI is InChI=1S/C10H17N/c1-8-5-9-3-4-10(6-8,7-9)11-2/h3,8,11H,4-7H2,1-2H3. The van der Waals surface area contributed by atoms with Crippen molar-refractivity contribution in [2.45, 2.75) is 38.1 Å². The molecule has 1 heteroatoms. The van der Waals surface area contributed by atoms with Crippen LogP contribution >= 0.6 is 0 Å². The van der Waals surface area contributed by atoms with Gasteiger partial charge >= 0.3 is 0 Å². The van der Waals surface area contributed by atoms with Crippen LogP contribution in [0.5, 0.6) is 0 Å². The molecule has 1 saturated carbocycles. The molecular weight excluding hydrogens is 134 g/mol. The van der Waals surface area contributed by atoms with Gasteiger partial charge in [0.15, 0.2) is 0 Å². The molecule has 0 saturated heterocycles. The molecule has 1 nitrogen and oxygen atoms in total. The Labute approximate surface area is 68.9 Å². The highest BCUT2D eigenvalue weighted by molar-refractivity contribution is 5.22. The summed E-state index contributed by atoms with van der Waals surface area (Å²) >= 11 is 0. The van der Waals surface area contributed by atoms with Crippen molar-refractivity contribution >= 4 is 0 Å². The highest BCUT2D eigenvalue weighted by Crippen LogP contribution is 2.43. The predicted octanol–water partition coefficient (Wildman–Crippen LogP) is 2.09. The molecule has 2 bridgehead atoms. The van der Waals surface area contributed by atoms with Crippen molar-refractivity contribution in [2.24, 2.45) is 5.92 Å². The first kappa shape index (κ1) is 7.35. The first-order valence-corrected chi connectivity index (χ1v) is 4.61. The fourth-order valence-electron chi connectivity index (χ4n) is 2.71. The number of rotatable bonds is 1. The van der Waals surface area contributed by atoms with Crippen molar-refractivity contribution in [2.75, 3.05) is 7.05 Å². The first-order valence-electron chi connectivity index (χ1n) is 4.61. The molecule has 0 aromatic rings. The van der Waals surface area contributed by atoms with E-state index in [1.54, 1.807) is 5.57 Å². The van der Waals surface area contributed by atoms with Crippen LogP contribution in [0.2, 0.25) is 0 Å². The molecule has 0 spiro atoms. The summed E-state index contributed by atoms with van der Waals surface area (Å²) in [6, 6.07) is 0. The molecule has 0 amide bonds. The van der Waals surface area contributed by atoms with Gasteiger partial charge in [0, 0.05) is 5.54 Å². The molecule has 1 fully saturated rings. The van der Waals surface area contributed by atoms with Crippen LogP contribution in [0.1, 0.15) is 32.6 Å². The average molecular weight is 151 g/mol. The lowest BCUT2D eigenvalue weighted by Gasteiger charge is -2.36. The van der Waals surface area contributed by atoms with E-state index in [-0.39, 0.29) is 0 Å². The summed E-state index contributed by atoms with van der Waals surface area (Å²) in [6.07, 6.45) is 7.74. The largest absolute Gasteiger partial charge is 0.314 e. The zero-order valence-corrected chi connectivity index (χ0v) is 7.48.